The van der Waals surface area contributed by atoms with Gasteiger partial charge in [0.15, 0.2) is 0 Å². The molecule has 0 atom stereocenters. The van der Waals surface area contributed by atoms with Crippen molar-refractivity contribution in [3.05, 3.63) is 35.4 Å². The second-order valence-electron chi connectivity index (χ2n) is 3.49. The molecule has 0 spiro atoms. The Morgan fingerprint density at radius 2 is 2.31 bits per heavy atom. The van der Waals surface area contributed by atoms with Gasteiger partial charge in [-0.05, 0) is 30.7 Å². The van der Waals surface area contributed by atoms with Crippen molar-refractivity contribution < 1.29 is 9.90 Å². The summed E-state index contributed by atoms with van der Waals surface area (Å²) in [5, 5.41) is 20.3. The maximum absolute atomic E-state index is 10.3. The molecule has 1 rings (SSSR count). The number of hydrogen-bond acceptors (Lipinski definition) is 3. The first-order valence-corrected chi connectivity index (χ1v) is 5.14. The van der Waals surface area contributed by atoms with Gasteiger partial charge < -0.3 is 10.4 Å². The predicted octanol–water partition coefficient (Wildman–Crippen LogP) is 1.51. The fourth-order valence-corrected chi connectivity index (χ4v) is 1.35. The van der Waals surface area contributed by atoms with E-state index in [2.05, 4.69) is 11.4 Å². The van der Waals surface area contributed by atoms with Crippen LogP contribution in [0.1, 0.15) is 24.0 Å². The number of nitriles is 1. The molecule has 84 valence electrons. The van der Waals surface area contributed by atoms with Crippen LogP contribution in [0, 0.1) is 11.3 Å². The number of nitrogens with one attached hydrogen (secondary N) is 1. The lowest BCUT2D eigenvalue weighted by Crippen LogP contribution is -2.15. The average Bonchev–Trinajstić information content (AvgIpc) is 2.28. The van der Waals surface area contributed by atoms with Crippen LogP contribution in [0.3, 0.4) is 0 Å². The van der Waals surface area contributed by atoms with Crippen LogP contribution in [-0.4, -0.2) is 17.6 Å². The van der Waals surface area contributed by atoms with Crippen molar-refractivity contribution in [3.63, 3.8) is 0 Å². The van der Waals surface area contributed by atoms with Crippen molar-refractivity contribution in [2.24, 2.45) is 0 Å². The number of carboxylic acid groups (broad SMARTS) is 1. The molecule has 0 unspecified atom stereocenters. The van der Waals surface area contributed by atoms with Crippen molar-refractivity contribution in [3.8, 4) is 6.07 Å². The van der Waals surface area contributed by atoms with E-state index in [0.717, 1.165) is 5.56 Å². The third-order valence-corrected chi connectivity index (χ3v) is 2.13. The van der Waals surface area contributed by atoms with Gasteiger partial charge in [0.25, 0.3) is 0 Å². The van der Waals surface area contributed by atoms with Crippen LogP contribution >= 0.6 is 0 Å². The minimum Gasteiger partial charge on any atom is -0.481 e. The van der Waals surface area contributed by atoms with Gasteiger partial charge >= 0.3 is 5.97 Å². The Morgan fingerprint density at radius 1 is 1.50 bits per heavy atom. The third-order valence-electron chi connectivity index (χ3n) is 2.13. The smallest absolute Gasteiger partial charge is 0.303 e. The zero-order chi connectivity index (χ0) is 11.8. The molecule has 0 heterocycles. The minimum atomic E-state index is -0.770. The van der Waals surface area contributed by atoms with E-state index in [1.807, 2.05) is 18.2 Å². The second-order valence-corrected chi connectivity index (χ2v) is 3.49. The highest BCUT2D eigenvalue weighted by atomic mass is 16.4. The first-order valence-electron chi connectivity index (χ1n) is 5.14. The molecule has 0 bridgehead atoms. The van der Waals surface area contributed by atoms with Crippen LogP contribution in [0.4, 0.5) is 0 Å². The Balaban J connectivity index is 2.27. The summed E-state index contributed by atoms with van der Waals surface area (Å²) < 4.78 is 0. The second kappa shape index (κ2) is 6.59. The summed E-state index contributed by atoms with van der Waals surface area (Å²) in [6.07, 6.45) is 0.804. The van der Waals surface area contributed by atoms with Gasteiger partial charge in [0.05, 0.1) is 11.6 Å². The van der Waals surface area contributed by atoms with E-state index in [1.165, 1.54) is 0 Å². The standard InChI is InChI=1S/C12H14N2O2/c13-8-10-3-1-4-11(7-10)9-14-6-2-5-12(15)16/h1,3-4,7,14H,2,5-6,9H2,(H,15,16). The van der Waals surface area contributed by atoms with Crippen molar-refractivity contribution in [2.45, 2.75) is 19.4 Å². The molecule has 0 radical (unpaired) electrons. The SMILES string of the molecule is N#Cc1cccc(CNCCCC(=O)O)c1. The van der Waals surface area contributed by atoms with Gasteiger partial charge in [-0.1, -0.05) is 12.1 Å². The molecule has 1 aromatic carbocycles. The van der Waals surface area contributed by atoms with E-state index in [0.29, 0.717) is 25.1 Å². The lowest BCUT2D eigenvalue weighted by Gasteiger charge is -2.03. The quantitative estimate of drug-likeness (QED) is 0.710. The fraction of sp³-hybridized carbons (Fsp3) is 0.333. The summed E-state index contributed by atoms with van der Waals surface area (Å²) in [6, 6.07) is 9.44. The van der Waals surface area contributed by atoms with Crippen LogP contribution < -0.4 is 5.32 Å². The topological polar surface area (TPSA) is 73.1 Å². The van der Waals surface area contributed by atoms with E-state index >= 15 is 0 Å². The molecule has 0 aliphatic heterocycles. The zero-order valence-electron chi connectivity index (χ0n) is 8.94. The summed E-state index contributed by atoms with van der Waals surface area (Å²) in [4.78, 5) is 10.3. The molecule has 0 saturated carbocycles. The van der Waals surface area contributed by atoms with Crippen LogP contribution in [0.2, 0.25) is 0 Å². The molecule has 0 amide bonds. The highest BCUT2D eigenvalue weighted by Crippen LogP contribution is 2.03. The number of hydrogen-bond donors (Lipinski definition) is 2. The number of nitrogens with zero attached hydrogens (tertiary/aromatic N) is 1. The van der Waals surface area contributed by atoms with Crippen molar-refractivity contribution in [1.82, 2.24) is 5.32 Å². The monoisotopic (exact) mass is 218 g/mol. The molecule has 0 fully saturated rings. The number of carboxylic acids is 1. The fourth-order valence-electron chi connectivity index (χ4n) is 1.35. The lowest BCUT2D eigenvalue weighted by atomic mass is 10.1. The molecule has 16 heavy (non-hydrogen) atoms. The number of carbonyl (C=O) groups is 1. The summed E-state index contributed by atoms with van der Waals surface area (Å²) >= 11 is 0. The molecule has 4 heteroatoms. The first-order chi connectivity index (χ1) is 7.72. The van der Waals surface area contributed by atoms with Crippen LogP contribution in [0.25, 0.3) is 0 Å². The Bertz CT molecular complexity index is 396. The summed E-state index contributed by atoms with van der Waals surface area (Å²) in [5.74, 6) is -0.770. The van der Waals surface area contributed by atoms with E-state index < -0.39 is 5.97 Å². The maximum atomic E-state index is 10.3. The van der Waals surface area contributed by atoms with E-state index in [9.17, 15) is 4.79 Å². The van der Waals surface area contributed by atoms with Crippen LogP contribution in [0.5, 0.6) is 0 Å². The Labute approximate surface area is 94.5 Å². The molecule has 1 aromatic rings. The van der Waals surface area contributed by atoms with Crippen LogP contribution in [-0.2, 0) is 11.3 Å². The molecule has 4 nitrogen and oxygen atoms in total. The average molecular weight is 218 g/mol. The van der Waals surface area contributed by atoms with Crippen molar-refractivity contribution in [2.75, 3.05) is 6.54 Å². The van der Waals surface area contributed by atoms with Gasteiger partial charge in [-0.15, -0.1) is 0 Å². The van der Waals surface area contributed by atoms with E-state index in [4.69, 9.17) is 10.4 Å². The largest absolute Gasteiger partial charge is 0.481 e. The van der Waals surface area contributed by atoms with Gasteiger partial charge in [-0.25, -0.2) is 0 Å². The summed E-state index contributed by atoms with van der Waals surface area (Å²) in [7, 11) is 0. The highest BCUT2D eigenvalue weighted by molar-refractivity contribution is 5.66. The molecule has 0 aliphatic carbocycles. The van der Waals surface area contributed by atoms with E-state index in [-0.39, 0.29) is 6.42 Å². The zero-order valence-corrected chi connectivity index (χ0v) is 8.94. The van der Waals surface area contributed by atoms with Gasteiger partial charge in [0.1, 0.15) is 0 Å². The number of rotatable bonds is 6. The Morgan fingerprint density at radius 3 is 3.00 bits per heavy atom. The molecule has 0 aliphatic rings. The Kier molecular flexibility index (Phi) is 5.03. The summed E-state index contributed by atoms with van der Waals surface area (Å²) in [6.45, 7) is 1.33. The number of benzene rings is 1. The molecule has 0 aromatic heterocycles. The van der Waals surface area contributed by atoms with Gasteiger partial charge in [0, 0.05) is 13.0 Å². The van der Waals surface area contributed by atoms with Gasteiger partial charge in [-0.3, -0.25) is 4.79 Å². The van der Waals surface area contributed by atoms with Crippen molar-refractivity contribution in [1.29, 1.82) is 5.26 Å². The lowest BCUT2D eigenvalue weighted by molar-refractivity contribution is -0.137. The predicted molar refractivity (Wildman–Crippen MR) is 59.7 cm³/mol. The minimum absolute atomic E-state index is 0.186. The van der Waals surface area contributed by atoms with Crippen molar-refractivity contribution >= 4 is 5.97 Å². The summed E-state index contributed by atoms with van der Waals surface area (Å²) in [5.41, 5.74) is 1.68. The van der Waals surface area contributed by atoms with E-state index in [1.54, 1.807) is 6.07 Å². The Hall–Kier alpha value is -1.86. The van der Waals surface area contributed by atoms with Gasteiger partial charge in [-0.2, -0.15) is 5.26 Å². The number of aliphatic carboxylic acids is 1. The normalized spacial score (nSPS) is 9.69. The highest BCUT2D eigenvalue weighted by Gasteiger charge is 1.97. The van der Waals surface area contributed by atoms with Gasteiger partial charge in [0.2, 0.25) is 0 Å². The molecular formula is C12H14N2O2. The van der Waals surface area contributed by atoms with Crippen LogP contribution in [0.15, 0.2) is 24.3 Å². The maximum Gasteiger partial charge on any atom is 0.303 e. The molecule has 2 N–H and O–H groups in total. The molecule has 0 saturated heterocycles. The molecular weight excluding hydrogens is 204 g/mol. The first kappa shape index (κ1) is 12.2. The third kappa shape index (κ3) is 4.58.